The van der Waals surface area contributed by atoms with Crippen LogP contribution in [0.3, 0.4) is 0 Å². The molecule has 46 valence electrons. The van der Waals surface area contributed by atoms with Crippen LogP contribution in [0.25, 0.3) is 0 Å². The van der Waals surface area contributed by atoms with Crippen LogP contribution in [0.5, 0.6) is 0 Å². The summed E-state index contributed by atoms with van der Waals surface area (Å²) in [5.41, 5.74) is 0. The lowest BCUT2D eigenvalue weighted by Crippen LogP contribution is -2.06. The number of nitrogens with one attached hydrogen (secondary N) is 1. The minimum Gasteiger partial charge on any atom is -0.350 e. The molecule has 8 heavy (non-hydrogen) atoms. The SMILES string of the molecule is CC1CCNC1.[B]F. The number of halogens is 1. The van der Waals surface area contributed by atoms with Crippen molar-refractivity contribution in [3.05, 3.63) is 0 Å². The highest BCUT2D eigenvalue weighted by molar-refractivity contribution is 5.96. The first kappa shape index (κ1) is 7.95. The molecular formula is C5H11BFN. The highest BCUT2D eigenvalue weighted by Gasteiger charge is 2.06. The zero-order valence-corrected chi connectivity index (χ0v) is 5.15. The quantitative estimate of drug-likeness (QED) is 0.457. The van der Waals surface area contributed by atoms with E-state index in [1.54, 1.807) is 0 Å². The third-order valence-electron chi connectivity index (χ3n) is 1.31. The third kappa shape index (κ3) is 3.02. The third-order valence-corrected chi connectivity index (χ3v) is 1.31. The first-order chi connectivity index (χ1) is 3.89. The fraction of sp³-hybridized carbons (Fsp3) is 1.00. The van der Waals surface area contributed by atoms with Gasteiger partial charge in [0.2, 0.25) is 0 Å². The Morgan fingerprint density at radius 1 is 1.62 bits per heavy atom. The van der Waals surface area contributed by atoms with Crippen LogP contribution in [0.1, 0.15) is 13.3 Å². The summed E-state index contributed by atoms with van der Waals surface area (Å²) in [6.07, 6.45) is 1.38. The summed E-state index contributed by atoms with van der Waals surface area (Å²) in [5.74, 6) is 0.935. The van der Waals surface area contributed by atoms with E-state index in [1.165, 1.54) is 19.5 Å². The predicted octanol–water partition coefficient (Wildman–Crippen LogP) is 0.655. The van der Waals surface area contributed by atoms with E-state index in [2.05, 4.69) is 20.4 Å². The van der Waals surface area contributed by atoms with Gasteiger partial charge in [0.15, 0.2) is 0 Å². The Kier molecular flexibility index (Phi) is 5.07. The van der Waals surface area contributed by atoms with E-state index in [1.807, 2.05) is 0 Å². The minimum atomic E-state index is 0.935. The van der Waals surface area contributed by atoms with Gasteiger partial charge in [-0.1, -0.05) is 6.92 Å². The second-order valence-corrected chi connectivity index (χ2v) is 2.10. The number of hydrogen-bond donors (Lipinski definition) is 1. The van der Waals surface area contributed by atoms with E-state index in [9.17, 15) is 0 Å². The van der Waals surface area contributed by atoms with Crippen LogP contribution < -0.4 is 5.32 Å². The van der Waals surface area contributed by atoms with Gasteiger partial charge in [0.1, 0.15) is 0 Å². The molecule has 1 saturated heterocycles. The number of rotatable bonds is 0. The Bertz CT molecular complexity index is 45.7. The van der Waals surface area contributed by atoms with Gasteiger partial charge >= 0.3 is 8.12 Å². The molecule has 1 aliphatic heterocycles. The molecule has 0 saturated carbocycles. The van der Waals surface area contributed by atoms with Crippen LogP contribution in [-0.4, -0.2) is 21.2 Å². The molecule has 0 aromatic carbocycles. The van der Waals surface area contributed by atoms with Crippen molar-refractivity contribution in [1.29, 1.82) is 0 Å². The van der Waals surface area contributed by atoms with E-state index in [0.29, 0.717) is 0 Å². The van der Waals surface area contributed by atoms with Crippen molar-refractivity contribution in [2.45, 2.75) is 13.3 Å². The van der Waals surface area contributed by atoms with E-state index < -0.39 is 0 Å². The molecule has 2 radical (unpaired) electrons. The van der Waals surface area contributed by atoms with Crippen LogP contribution in [0.4, 0.5) is 4.32 Å². The molecule has 1 heterocycles. The van der Waals surface area contributed by atoms with Gasteiger partial charge in [-0.05, 0) is 25.4 Å². The van der Waals surface area contributed by atoms with Crippen molar-refractivity contribution in [3.8, 4) is 0 Å². The van der Waals surface area contributed by atoms with Crippen LogP contribution in [0.15, 0.2) is 0 Å². The topological polar surface area (TPSA) is 12.0 Å². The van der Waals surface area contributed by atoms with Crippen molar-refractivity contribution in [1.82, 2.24) is 5.32 Å². The molecule has 3 heteroatoms. The molecule has 0 aliphatic carbocycles. The summed E-state index contributed by atoms with van der Waals surface area (Å²) in [6, 6.07) is 0. The molecule has 1 aliphatic rings. The minimum absolute atomic E-state index is 0.935. The van der Waals surface area contributed by atoms with Crippen molar-refractivity contribution >= 4 is 8.12 Å². The van der Waals surface area contributed by atoms with Crippen LogP contribution in [-0.2, 0) is 0 Å². The molecule has 1 rings (SSSR count). The Hall–Kier alpha value is -0.0451. The summed E-state index contributed by atoms with van der Waals surface area (Å²) >= 11 is 0. The van der Waals surface area contributed by atoms with Crippen molar-refractivity contribution in [3.63, 3.8) is 0 Å². The van der Waals surface area contributed by atoms with Crippen LogP contribution in [0.2, 0.25) is 0 Å². The van der Waals surface area contributed by atoms with Gasteiger partial charge in [-0.2, -0.15) is 0 Å². The molecule has 1 nitrogen and oxygen atoms in total. The fourth-order valence-corrected chi connectivity index (χ4v) is 0.799. The molecule has 0 amide bonds. The molecular weight excluding hydrogens is 104 g/mol. The monoisotopic (exact) mass is 115 g/mol. The highest BCUT2D eigenvalue weighted by atomic mass is 19.1. The standard InChI is InChI=1S/C5H11N.BF/c1-5-2-3-6-4-5;1-2/h5-6H,2-4H2,1H3;. The summed E-state index contributed by atoms with van der Waals surface area (Å²) in [5, 5.41) is 3.27. The van der Waals surface area contributed by atoms with Crippen molar-refractivity contribution in [2.24, 2.45) is 5.92 Å². The summed E-state index contributed by atoms with van der Waals surface area (Å²) < 4.78 is 9.00. The zero-order valence-electron chi connectivity index (χ0n) is 5.15. The van der Waals surface area contributed by atoms with E-state index in [-0.39, 0.29) is 0 Å². The molecule has 1 fully saturated rings. The molecule has 1 atom stereocenters. The van der Waals surface area contributed by atoms with Crippen molar-refractivity contribution in [2.75, 3.05) is 13.1 Å². The Balaban J connectivity index is 0.000000222. The average Bonchev–Trinajstić information content (AvgIpc) is 2.24. The Labute approximate surface area is 51.1 Å². The van der Waals surface area contributed by atoms with Gasteiger partial charge in [-0.15, -0.1) is 0 Å². The Morgan fingerprint density at radius 3 is 2.38 bits per heavy atom. The molecule has 0 bridgehead atoms. The van der Waals surface area contributed by atoms with Gasteiger partial charge in [0.05, 0.1) is 0 Å². The maximum absolute atomic E-state index is 9.00. The van der Waals surface area contributed by atoms with Gasteiger partial charge < -0.3 is 9.63 Å². The maximum atomic E-state index is 9.00. The number of hydrogen-bond acceptors (Lipinski definition) is 1. The van der Waals surface area contributed by atoms with Crippen LogP contribution >= 0.6 is 0 Å². The molecule has 0 aromatic heterocycles. The van der Waals surface area contributed by atoms with Gasteiger partial charge in [-0.3, -0.25) is 0 Å². The predicted molar refractivity (Wildman–Crippen MR) is 33.5 cm³/mol. The molecule has 0 aromatic rings. The maximum Gasteiger partial charge on any atom is 0.350 e. The normalized spacial score (nSPS) is 26.5. The largest absolute Gasteiger partial charge is 0.350 e. The smallest absolute Gasteiger partial charge is 0.350 e. The Morgan fingerprint density at radius 2 is 2.25 bits per heavy atom. The van der Waals surface area contributed by atoms with E-state index in [4.69, 9.17) is 4.32 Å². The van der Waals surface area contributed by atoms with Crippen LogP contribution in [0, 0.1) is 5.92 Å². The fourth-order valence-electron chi connectivity index (χ4n) is 0.799. The van der Waals surface area contributed by atoms with E-state index >= 15 is 0 Å². The average molecular weight is 115 g/mol. The molecule has 1 N–H and O–H groups in total. The second kappa shape index (κ2) is 5.10. The summed E-state index contributed by atoms with van der Waals surface area (Å²) in [6.45, 7) is 4.75. The lowest BCUT2D eigenvalue weighted by atomic mass is 10.2. The molecule has 0 spiro atoms. The molecule has 1 unspecified atom stereocenters. The van der Waals surface area contributed by atoms with Crippen molar-refractivity contribution < 1.29 is 4.32 Å². The van der Waals surface area contributed by atoms with Gasteiger partial charge in [-0.25, -0.2) is 0 Å². The van der Waals surface area contributed by atoms with E-state index in [0.717, 1.165) is 5.92 Å². The first-order valence-corrected chi connectivity index (χ1v) is 2.82. The van der Waals surface area contributed by atoms with Gasteiger partial charge in [0.25, 0.3) is 0 Å². The van der Waals surface area contributed by atoms with Gasteiger partial charge in [0, 0.05) is 0 Å². The summed E-state index contributed by atoms with van der Waals surface area (Å²) in [7, 11) is 3.00. The first-order valence-electron chi connectivity index (χ1n) is 2.82. The lowest BCUT2D eigenvalue weighted by Gasteiger charge is -1.90. The summed E-state index contributed by atoms with van der Waals surface area (Å²) in [4.78, 5) is 0. The second-order valence-electron chi connectivity index (χ2n) is 2.10. The zero-order chi connectivity index (χ0) is 6.41. The highest BCUT2D eigenvalue weighted by Crippen LogP contribution is 2.03. The lowest BCUT2D eigenvalue weighted by molar-refractivity contribution is 0.651.